The zero-order chi connectivity index (χ0) is 26.0. The number of unbranched alkanes of at least 4 members (excludes halogenated alkanes) is 3. The first-order valence-electron chi connectivity index (χ1n) is 13.6. The van der Waals surface area contributed by atoms with E-state index in [1.165, 1.54) is 19.3 Å². The number of rotatable bonds is 10. The summed E-state index contributed by atoms with van der Waals surface area (Å²) in [6.07, 6.45) is 8.28. The third kappa shape index (κ3) is 6.10. The number of hydrogen-bond acceptors (Lipinski definition) is 5. The first kappa shape index (κ1) is 27.7. The maximum absolute atomic E-state index is 13.3. The molecule has 1 aliphatic heterocycles. The molecule has 2 aliphatic rings. The second kappa shape index (κ2) is 10.6. The molecule has 35 heavy (non-hydrogen) atoms. The van der Waals surface area contributed by atoms with E-state index in [1.807, 2.05) is 19.9 Å². The number of nitrogens with two attached hydrogens (primary N) is 1. The summed E-state index contributed by atoms with van der Waals surface area (Å²) < 4.78 is 12.8. The van der Waals surface area contributed by atoms with E-state index in [9.17, 15) is 9.59 Å². The molecule has 3 rings (SSSR count). The fourth-order valence-electron chi connectivity index (χ4n) is 5.87. The van der Waals surface area contributed by atoms with Gasteiger partial charge in [0.25, 0.3) is 0 Å². The number of fused-ring (bicyclic) bond motifs is 3. The Labute approximate surface area is 212 Å². The van der Waals surface area contributed by atoms with Crippen molar-refractivity contribution in [3.05, 3.63) is 23.3 Å². The molecule has 1 aliphatic carbocycles. The summed E-state index contributed by atoms with van der Waals surface area (Å²) in [5, 5.41) is 0. The van der Waals surface area contributed by atoms with Gasteiger partial charge in [0.1, 0.15) is 22.9 Å². The van der Waals surface area contributed by atoms with E-state index < -0.39 is 5.41 Å². The van der Waals surface area contributed by atoms with Crippen LogP contribution in [0.25, 0.3) is 0 Å². The Morgan fingerprint density at radius 2 is 1.86 bits per heavy atom. The molecule has 5 nitrogen and oxygen atoms in total. The summed E-state index contributed by atoms with van der Waals surface area (Å²) in [6, 6.07) is 4.20. The number of ether oxygens (including phenoxy) is 2. The molecule has 1 aromatic carbocycles. The predicted molar refractivity (Wildman–Crippen MR) is 141 cm³/mol. The zero-order valence-corrected chi connectivity index (χ0v) is 23.1. The summed E-state index contributed by atoms with van der Waals surface area (Å²) >= 11 is 0. The predicted octanol–water partition coefficient (Wildman–Crippen LogP) is 6.84. The molecule has 0 spiro atoms. The van der Waals surface area contributed by atoms with Gasteiger partial charge in [-0.05, 0) is 76.6 Å². The molecule has 2 unspecified atom stereocenters. The fraction of sp³-hybridized carbons (Fsp3) is 0.733. The van der Waals surface area contributed by atoms with E-state index in [4.69, 9.17) is 15.2 Å². The van der Waals surface area contributed by atoms with E-state index >= 15 is 0 Å². The topological polar surface area (TPSA) is 78.6 Å². The number of esters is 1. The molecule has 1 saturated carbocycles. The molecule has 0 aromatic heterocycles. The van der Waals surface area contributed by atoms with Crippen LogP contribution in [-0.2, 0) is 15.0 Å². The molecule has 0 radical (unpaired) electrons. The van der Waals surface area contributed by atoms with Gasteiger partial charge in [0.15, 0.2) is 0 Å². The minimum Gasteiger partial charge on any atom is -0.487 e. The normalized spacial score (nSPS) is 21.7. The van der Waals surface area contributed by atoms with Gasteiger partial charge in [0, 0.05) is 30.2 Å². The van der Waals surface area contributed by atoms with E-state index in [2.05, 4.69) is 40.7 Å². The van der Waals surface area contributed by atoms with Crippen LogP contribution in [0.15, 0.2) is 12.1 Å². The van der Waals surface area contributed by atoms with Crippen LogP contribution in [0.4, 0.5) is 0 Å². The first-order chi connectivity index (χ1) is 16.3. The van der Waals surface area contributed by atoms with Crippen molar-refractivity contribution in [2.24, 2.45) is 17.1 Å². The average Bonchev–Trinajstić information content (AvgIpc) is 2.75. The molecule has 1 heterocycles. The van der Waals surface area contributed by atoms with Gasteiger partial charge in [0.05, 0.1) is 5.41 Å². The second-order valence-corrected chi connectivity index (χ2v) is 12.6. The molecule has 0 amide bonds. The van der Waals surface area contributed by atoms with E-state index in [0.29, 0.717) is 31.6 Å². The van der Waals surface area contributed by atoms with E-state index in [0.717, 1.165) is 36.1 Å². The SMILES string of the molecule is CCCCCCC(C)(C)c1cc(OC(=O)C(C)(C)CCN)c2c(c1)OC(C)(C)C1CCC(=O)CC21. The molecule has 5 heteroatoms. The standard InChI is InChI=1S/C30H47NO4/c1-8-9-10-11-14-28(2,3)20-17-24(34-27(33)29(4,5)15-16-31)26-22-19-21(32)12-13-23(22)30(6,7)35-25(26)18-20/h17-18,22-23H,8-16,19,31H2,1-7H3. The summed E-state index contributed by atoms with van der Waals surface area (Å²) in [4.78, 5) is 25.8. The van der Waals surface area contributed by atoms with Crippen LogP contribution < -0.4 is 15.2 Å². The van der Waals surface area contributed by atoms with Crippen molar-refractivity contribution >= 4 is 11.8 Å². The van der Waals surface area contributed by atoms with Crippen molar-refractivity contribution in [2.45, 2.75) is 123 Å². The Morgan fingerprint density at radius 3 is 2.51 bits per heavy atom. The van der Waals surface area contributed by atoms with Crippen molar-refractivity contribution < 1.29 is 19.1 Å². The maximum atomic E-state index is 13.3. The number of Topliss-reactive ketones (excluding diaryl/α,β-unsaturated/α-hetero) is 1. The maximum Gasteiger partial charge on any atom is 0.316 e. The quantitative estimate of drug-likeness (QED) is 0.223. The molecular weight excluding hydrogens is 438 g/mol. The Morgan fingerprint density at radius 1 is 1.14 bits per heavy atom. The molecule has 1 aromatic rings. The Hall–Kier alpha value is -1.88. The number of carbonyl (C=O) groups excluding carboxylic acids is 2. The van der Waals surface area contributed by atoms with Gasteiger partial charge in [-0.3, -0.25) is 9.59 Å². The lowest BCUT2D eigenvalue weighted by Crippen LogP contribution is -2.47. The van der Waals surface area contributed by atoms with Crippen molar-refractivity contribution in [3.63, 3.8) is 0 Å². The van der Waals surface area contributed by atoms with Crippen molar-refractivity contribution in [2.75, 3.05) is 6.54 Å². The highest BCUT2D eigenvalue weighted by molar-refractivity contribution is 5.82. The molecule has 2 N–H and O–H groups in total. The monoisotopic (exact) mass is 485 g/mol. The minimum atomic E-state index is -0.691. The van der Waals surface area contributed by atoms with Gasteiger partial charge in [-0.25, -0.2) is 0 Å². The Bertz CT molecular complexity index is 931. The van der Waals surface area contributed by atoms with Gasteiger partial charge < -0.3 is 15.2 Å². The van der Waals surface area contributed by atoms with Crippen LogP contribution in [0.5, 0.6) is 11.5 Å². The van der Waals surface area contributed by atoms with Crippen LogP contribution >= 0.6 is 0 Å². The number of ketones is 1. The molecule has 0 bridgehead atoms. The van der Waals surface area contributed by atoms with Gasteiger partial charge in [-0.1, -0.05) is 46.5 Å². The minimum absolute atomic E-state index is 0.00265. The first-order valence-corrected chi connectivity index (χ1v) is 13.6. The lowest BCUT2D eigenvalue weighted by molar-refractivity contribution is -0.144. The van der Waals surface area contributed by atoms with Crippen molar-refractivity contribution in [1.29, 1.82) is 0 Å². The fourth-order valence-corrected chi connectivity index (χ4v) is 5.87. The van der Waals surface area contributed by atoms with Crippen LogP contribution in [0.1, 0.15) is 123 Å². The summed E-state index contributed by atoms with van der Waals surface area (Å²) in [6.45, 7) is 15.2. The molecular formula is C30H47NO4. The Kier molecular flexibility index (Phi) is 8.41. The third-order valence-electron chi connectivity index (χ3n) is 8.37. The van der Waals surface area contributed by atoms with Gasteiger partial charge in [-0.15, -0.1) is 0 Å². The van der Waals surface area contributed by atoms with Gasteiger partial charge in [0.2, 0.25) is 0 Å². The van der Waals surface area contributed by atoms with Crippen LogP contribution in [0.3, 0.4) is 0 Å². The van der Waals surface area contributed by atoms with Crippen molar-refractivity contribution in [1.82, 2.24) is 0 Å². The van der Waals surface area contributed by atoms with Crippen LogP contribution in [0, 0.1) is 11.3 Å². The zero-order valence-electron chi connectivity index (χ0n) is 23.1. The van der Waals surface area contributed by atoms with Gasteiger partial charge in [-0.2, -0.15) is 0 Å². The number of hydrogen-bond donors (Lipinski definition) is 1. The largest absolute Gasteiger partial charge is 0.487 e. The smallest absolute Gasteiger partial charge is 0.316 e. The van der Waals surface area contributed by atoms with Crippen LogP contribution in [0.2, 0.25) is 0 Å². The lowest BCUT2D eigenvalue weighted by Gasteiger charge is -2.47. The second-order valence-electron chi connectivity index (χ2n) is 12.6. The highest BCUT2D eigenvalue weighted by Gasteiger charge is 2.48. The Balaban J connectivity index is 2.08. The molecule has 2 atom stereocenters. The highest BCUT2D eigenvalue weighted by Crippen LogP contribution is 2.55. The summed E-state index contributed by atoms with van der Waals surface area (Å²) in [7, 11) is 0. The molecule has 0 saturated heterocycles. The third-order valence-corrected chi connectivity index (χ3v) is 8.37. The average molecular weight is 486 g/mol. The van der Waals surface area contributed by atoms with Crippen molar-refractivity contribution in [3.8, 4) is 11.5 Å². The number of carbonyl (C=O) groups is 2. The number of benzene rings is 1. The summed E-state index contributed by atoms with van der Waals surface area (Å²) in [5.74, 6) is 1.52. The van der Waals surface area contributed by atoms with E-state index in [1.54, 1.807) is 0 Å². The highest BCUT2D eigenvalue weighted by atomic mass is 16.5. The lowest BCUT2D eigenvalue weighted by atomic mass is 9.66. The van der Waals surface area contributed by atoms with Gasteiger partial charge >= 0.3 is 5.97 Å². The molecule has 1 fully saturated rings. The summed E-state index contributed by atoms with van der Waals surface area (Å²) in [5.41, 5.74) is 6.61. The van der Waals surface area contributed by atoms with E-state index in [-0.39, 0.29) is 34.6 Å². The molecule has 196 valence electrons. The van der Waals surface area contributed by atoms with Crippen LogP contribution in [-0.4, -0.2) is 23.9 Å².